The number of esters is 1. The normalized spacial score (nSPS) is 16.1. The number of imidazole rings is 1. The third-order valence-corrected chi connectivity index (χ3v) is 5.06. The van der Waals surface area contributed by atoms with Crippen molar-refractivity contribution in [2.24, 2.45) is 21.6 Å². The van der Waals surface area contributed by atoms with Crippen LogP contribution in [0.5, 0.6) is 0 Å². The van der Waals surface area contributed by atoms with Crippen LogP contribution >= 0.6 is 0 Å². The van der Waals surface area contributed by atoms with Crippen LogP contribution in [0.1, 0.15) is 38.3 Å². The van der Waals surface area contributed by atoms with E-state index in [-0.39, 0.29) is 24.2 Å². The zero-order valence-corrected chi connectivity index (χ0v) is 17.4. The number of carbonyl (C=O) groups is 1. The lowest BCUT2D eigenvalue weighted by atomic mass is 9.96. The molecule has 0 spiro atoms. The van der Waals surface area contributed by atoms with E-state index in [4.69, 9.17) is 15.2 Å². The summed E-state index contributed by atoms with van der Waals surface area (Å²) in [7, 11) is 1.39. The number of H-pyrrole nitrogens is 1. The number of unbranched alkanes of at least 4 members (excludes halogenated alkanes) is 1. The van der Waals surface area contributed by atoms with Crippen molar-refractivity contribution >= 4 is 24.3 Å². The van der Waals surface area contributed by atoms with Gasteiger partial charge in [-0.05, 0) is 45.0 Å². The van der Waals surface area contributed by atoms with Crippen molar-refractivity contribution in [3.05, 3.63) is 16.2 Å². The van der Waals surface area contributed by atoms with Gasteiger partial charge in [0.2, 0.25) is 0 Å². The number of nitrogens with two attached hydrogens (primary N) is 1. The number of rotatable bonds is 11. The number of hydrogen-bond acceptors (Lipinski definition) is 7. The first-order chi connectivity index (χ1) is 14.0. The van der Waals surface area contributed by atoms with Crippen molar-refractivity contribution in [3.8, 4) is 0 Å². The van der Waals surface area contributed by atoms with Gasteiger partial charge in [0.1, 0.15) is 18.3 Å². The molecule has 0 saturated carbocycles. The molecule has 3 N–H and O–H groups in total. The second-order valence-corrected chi connectivity index (χ2v) is 7.13. The molecule has 2 rings (SSSR count). The number of nitrogens with one attached hydrogen (secondary N) is 1. The molecule has 10 nitrogen and oxygen atoms in total. The van der Waals surface area contributed by atoms with Crippen LogP contribution in [-0.4, -0.2) is 73.1 Å². The van der Waals surface area contributed by atoms with Gasteiger partial charge in [0.15, 0.2) is 5.82 Å². The lowest BCUT2D eigenvalue weighted by Crippen LogP contribution is -2.39. The highest BCUT2D eigenvalue weighted by atomic mass is 16.5. The Hall–Kier alpha value is -2.46. The van der Waals surface area contributed by atoms with E-state index < -0.39 is 0 Å². The average molecular weight is 409 g/mol. The van der Waals surface area contributed by atoms with Gasteiger partial charge in [-0.3, -0.25) is 14.3 Å². The quantitative estimate of drug-likeness (QED) is 0.242. The Labute approximate surface area is 170 Å². The van der Waals surface area contributed by atoms with Gasteiger partial charge in [-0.2, -0.15) is 0 Å². The van der Waals surface area contributed by atoms with E-state index in [1.807, 2.05) is 0 Å². The number of piperidine rings is 1. The van der Waals surface area contributed by atoms with Crippen molar-refractivity contribution in [1.29, 1.82) is 0 Å². The number of methoxy groups -OCH3 is 1. The Balaban J connectivity index is 2.00. The second kappa shape index (κ2) is 11.5. The molecule has 1 fully saturated rings. The number of aliphatic imine (C=N–C) groups is 2. The minimum atomic E-state index is -0.288. The van der Waals surface area contributed by atoms with Gasteiger partial charge < -0.3 is 20.2 Å². The summed E-state index contributed by atoms with van der Waals surface area (Å²) in [6.07, 6.45) is 3.74. The minimum Gasteiger partial charge on any atom is -0.468 e. The summed E-state index contributed by atoms with van der Waals surface area (Å²) >= 11 is 0. The molecule has 1 aromatic heterocycles. The molecule has 0 radical (unpaired) electrons. The molecule has 29 heavy (non-hydrogen) atoms. The highest BCUT2D eigenvalue weighted by Gasteiger charge is 2.24. The van der Waals surface area contributed by atoms with E-state index in [1.165, 1.54) is 7.11 Å². The topological polar surface area (TPSA) is 127 Å². The van der Waals surface area contributed by atoms with Crippen LogP contribution < -0.4 is 11.4 Å². The number of aromatic nitrogens is 2. The van der Waals surface area contributed by atoms with Crippen LogP contribution in [0.25, 0.3) is 0 Å². The summed E-state index contributed by atoms with van der Waals surface area (Å²) in [6, 6.07) is 0. The predicted molar refractivity (Wildman–Crippen MR) is 112 cm³/mol. The number of ether oxygens (including phenoxy) is 2. The molecular formula is C19H32N6O4. The number of amidine groups is 1. The highest BCUT2D eigenvalue weighted by molar-refractivity contribution is 5.99. The Morgan fingerprint density at radius 1 is 1.38 bits per heavy atom. The Kier molecular flexibility index (Phi) is 9.07. The summed E-state index contributed by atoms with van der Waals surface area (Å²) in [4.78, 5) is 36.9. The number of hydrogen-bond donors (Lipinski definition) is 2. The van der Waals surface area contributed by atoms with Crippen LogP contribution in [-0.2, 0) is 20.8 Å². The molecule has 10 heteroatoms. The van der Waals surface area contributed by atoms with E-state index in [0.29, 0.717) is 37.1 Å². The van der Waals surface area contributed by atoms with Crippen molar-refractivity contribution in [2.75, 3.05) is 40.1 Å². The van der Waals surface area contributed by atoms with Gasteiger partial charge in [0, 0.05) is 13.2 Å². The SMILES string of the molecule is C=Nc1c(/C(N)=N\COCCCC)[nH]c(=O)n1CC1CCN(CC(=O)OC)CC1. The first-order valence-corrected chi connectivity index (χ1v) is 9.96. The Bertz CT molecular complexity index is 761. The first kappa shape index (κ1) is 22.8. The van der Waals surface area contributed by atoms with E-state index in [0.717, 1.165) is 38.8 Å². The van der Waals surface area contributed by atoms with E-state index >= 15 is 0 Å². The monoisotopic (exact) mass is 408 g/mol. The third kappa shape index (κ3) is 6.53. The van der Waals surface area contributed by atoms with E-state index in [1.54, 1.807) is 4.57 Å². The van der Waals surface area contributed by atoms with Crippen LogP contribution in [0.2, 0.25) is 0 Å². The molecule has 162 valence electrons. The molecule has 0 aliphatic carbocycles. The molecule has 1 saturated heterocycles. The van der Waals surface area contributed by atoms with Crippen LogP contribution in [0, 0.1) is 5.92 Å². The maximum absolute atomic E-state index is 12.5. The van der Waals surface area contributed by atoms with Crippen molar-refractivity contribution in [2.45, 2.75) is 39.2 Å². The third-order valence-electron chi connectivity index (χ3n) is 5.06. The average Bonchev–Trinajstić information content (AvgIpc) is 3.04. The molecule has 0 bridgehead atoms. The number of nitrogens with zero attached hydrogens (tertiary/aromatic N) is 4. The predicted octanol–water partition coefficient (Wildman–Crippen LogP) is 0.873. The lowest BCUT2D eigenvalue weighted by Gasteiger charge is -2.31. The van der Waals surface area contributed by atoms with E-state index in [2.05, 4.69) is 33.5 Å². The fourth-order valence-electron chi connectivity index (χ4n) is 3.31. The molecular weight excluding hydrogens is 376 g/mol. The molecule has 0 amide bonds. The van der Waals surface area contributed by atoms with Gasteiger partial charge in [0.25, 0.3) is 0 Å². The van der Waals surface area contributed by atoms with Crippen molar-refractivity contribution < 1.29 is 14.3 Å². The molecule has 1 aliphatic heterocycles. The fourth-order valence-corrected chi connectivity index (χ4v) is 3.31. The summed E-state index contributed by atoms with van der Waals surface area (Å²) in [5.74, 6) is 0.622. The van der Waals surface area contributed by atoms with Crippen LogP contribution in [0.15, 0.2) is 14.8 Å². The summed E-state index contributed by atoms with van der Waals surface area (Å²) in [5.41, 5.74) is 6.11. The molecule has 1 aliphatic rings. The maximum atomic E-state index is 12.5. The summed E-state index contributed by atoms with van der Waals surface area (Å²) < 4.78 is 11.7. The zero-order chi connectivity index (χ0) is 21.2. The van der Waals surface area contributed by atoms with Gasteiger partial charge in [-0.15, -0.1) is 0 Å². The number of aromatic amines is 1. The van der Waals surface area contributed by atoms with Gasteiger partial charge >= 0.3 is 11.7 Å². The standard InChI is InChI=1S/C19H32N6O4/c1-4-5-10-29-13-22-17(20)16-18(21-2)25(19(27)23-16)11-14-6-8-24(9-7-14)12-15(26)28-3/h14H,2,4-13H2,1,3H3,(H2,20,22)(H,23,27). The zero-order valence-electron chi connectivity index (χ0n) is 17.4. The van der Waals surface area contributed by atoms with Gasteiger partial charge in [0.05, 0.1) is 13.7 Å². The first-order valence-electron chi connectivity index (χ1n) is 9.96. The smallest absolute Gasteiger partial charge is 0.327 e. The molecule has 0 aromatic carbocycles. The van der Waals surface area contributed by atoms with Crippen molar-refractivity contribution in [1.82, 2.24) is 14.5 Å². The molecule has 0 unspecified atom stereocenters. The van der Waals surface area contributed by atoms with Gasteiger partial charge in [-0.1, -0.05) is 13.3 Å². The fraction of sp³-hybridized carbons (Fsp3) is 0.684. The van der Waals surface area contributed by atoms with Crippen LogP contribution in [0.4, 0.5) is 5.82 Å². The van der Waals surface area contributed by atoms with Crippen molar-refractivity contribution in [3.63, 3.8) is 0 Å². The summed E-state index contributed by atoms with van der Waals surface area (Å²) in [6.45, 7) is 8.78. The Morgan fingerprint density at radius 3 is 2.72 bits per heavy atom. The minimum absolute atomic E-state index is 0.133. The number of carbonyl (C=O) groups excluding carboxylic acids is 1. The second-order valence-electron chi connectivity index (χ2n) is 7.13. The molecule has 1 aromatic rings. The highest BCUT2D eigenvalue weighted by Crippen LogP contribution is 2.22. The van der Waals surface area contributed by atoms with Gasteiger partial charge in [-0.25, -0.2) is 14.8 Å². The molecule has 2 heterocycles. The molecule has 0 atom stereocenters. The number of likely N-dealkylation sites (tertiary alicyclic amines) is 1. The Morgan fingerprint density at radius 2 is 2.10 bits per heavy atom. The largest absolute Gasteiger partial charge is 0.468 e. The maximum Gasteiger partial charge on any atom is 0.327 e. The van der Waals surface area contributed by atoms with E-state index in [9.17, 15) is 9.59 Å². The van der Waals surface area contributed by atoms with Crippen LogP contribution in [0.3, 0.4) is 0 Å². The lowest BCUT2D eigenvalue weighted by molar-refractivity contribution is -0.142. The summed E-state index contributed by atoms with van der Waals surface area (Å²) in [5, 5.41) is 0.